The van der Waals surface area contributed by atoms with Crippen molar-refractivity contribution >= 4 is 40.1 Å². The van der Waals surface area contributed by atoms with Gasteiger partial charge in [0.15, 0.2) is 3.95 Å². The molecule has 0 aliphatic heterocycles. The fourth-order valence-corrected chi connectivity index (χ4v) is 5.27. The van der Waals surface area contributed by atoms with Crippen LogP contribution in [0.25, 0.3) is 27.0 Å². The van der Waals surface area contributed by atoms with Gasteiger partial charge in [-0.1, -0.05) is 54.6 Å². The van der Waals surface area contributed by atoms with Gasteiger partial charge in [-0.3, -0.25) is 13.8 Å². The zero-order valence-electron chi connectivity index (χ0n) is 16.5. The Morgan fingerprint density at radius 3 is 2.38 bits per heavy atom. The van der Waals surface area contributed by atoms with Crippen molar-refractivity contribution in [2.75, 3.05) is 0 Å². The molecule has 5 rings (SSSR count). The van der Waals surface area contributed by atoms with Crippen LogP contribution >= 0.6 is 23.6 Å². The summed E-state index contributed by atoms with van der Waals surface area (Å²) in [5.74, 6) is 0. The van der Waals surface area contributed by atoms with E-state index >= 15 is 0 Å². The second kappa shape index (κ2) is 7.72. The molecule has 0 saturated heterocycles. The number of benzene rings is 3. The van der Waals surface area contributed by atoms with Crippen LogP contribution in [0.1, 0.15) is 11.1 Å². The standard InChI is InChI=1S/C24H15F3N2OS2/c25-24(26,27)17-10-6-9-16(13-17)20-21-28(14-15-7-2-1-3-8-15)22(30)18-11-4-5-12-19(18)29(21)23(31)32-20/h1-13H,14H2. The summed E-state index contributed by atoms with van der Waals surface area (Å²) in [5.41, 5.74) is 1.44. The number of nitrogens with zero attached hydrogens (tertiary/aromatic N) is 2. The van der Waals surface area contributed by atoms with Crippen molar-refractivity contribution in [3.05, 3.63) is 104 Å². The molecule has 0 bridgehead atoms. The molecule has 0 saturated carbocycles. The van der Waals surface area contributed by atoms with Crippen molar-refractivity contribution in [2.45, 2.75) is 12.7 Å². The Morgan fingerprint density at radius 2 is 1.62 bits per heavy atom. The van der Waals surface area contributed by atoms with E-state index in [2.05, 4.69) is 0 Å². The normalized spacial score (nSPS) is 12.0. The number of para-hydroxylation sites is 1. The summed E-state index contributed by atoms with van der Waals surface area (Å²) in [6, 6.07) is 21.7. The van der Waals surface area contributed by atoms with E-state index < -0.39 is 11.7 Å². The van der Waals surface area contributed by atoms with Crippen molar-refractivity contribution in [3.63, 3.8) is 0 Å². The van der Waals surface area contributed by atoms with E-state index in [4.69, 9.17) is 12.2 Å². The molecule has 2 heterocycles. The molecule has 0 aliphatic carbocycles. The number of rotatable bonds is 3. The molecule has 0 fully saturated rings. The Bertz CT molecular complexity index is 1580. The number of alkyl halides is 3. The van der Waals surface area contributed by atoms with E-state index in [9.17, 15) is 18.0 Å². The molecule has 0 atom stereocenters. The summed E-state index contributed by atoms with van der Waals surface area (Å²) in [4.78, 5) is 14.0. The Morgan fingerprint density at radius 1 is 0.906 bits per heavy atom. The average Bonchev–Trinajstić information content (AvgIpc) is 3.14. The van der Waals surface area contributed by atoms with Crippen molar-refractivity contribution in [1.82, 2.24) is 8.97 Å². The highest BCUT2D eigenvalue weighted by atomic mass is 32.1. The van der Waals surface area contributed by atoms with Gasteiger partial charge < -0.3 is 0 Å². The van der Waals surface area contributed by atoms with E-state index in [1.165, 1.54) is 17.4 Å². The maximum Gasteiger partial charge on any atom is 0.416 e. The van der Waals surface area contributed by atoms with Gasteiger partial charge in [0.05, 0.1) is 27.9 Å². The lowest BCUT2D eigenvalue weighted by atomic mass is 10.1. The predicted octanol–water partition coefficient (Wildman–Crippen LogP) is 6.78. The number of hydrogen-bond donors (Lipinski definition) is 0. The summed E-state index contributed by atoms with van der Waals surface area (Å²) in [5, 5.41) is 0.500. The Kier molecular flexibility index (Phi) is 4.98. The number of halogens is 3. The van der Waals surface area contributed by atoms with Gasteiger partial charge >= 0.3 is 6.18 Å². The molecule has 2 aromatic heterocycles. The highest BCUT2D eigenvalue weighted by Crippen LogP contribution is 2.37. The van der Waals surface area contributed by atoms with Gasteiger partial charge in [0.25, 0.3) is 5.56 Å². The topological polar surface area (TPSA) is 26.4 Å². The fourth-order valence-electron chi connectivity index (χ4n) is 3.85. The van der Waals surface area contributed by atoms with Gasteiger partial charge in [-0.2, -0.15) is 13.2 Å². The lowest BCUT2D eigenvalue weighted by Crippen LogP contribution is -2.23. The smallest absolute Gasteiger partial charge is 0.288 e. The quantitative estimate of drug-likeness (QED) is 0.273. The lowest BCUT2D eigenvalue weighted by Gasteiger charge is -2.14. The molecule has 0 spiro atoms. The fraction of sp³-hybridized carbons (Fsp3) is 0.0833. The molecule has 8 heteroatoms. The van der Waals surface area contributed by atoms with Crippen LogP contribution in [0.4, 0.5) is 13.2 Å². The minimum atomic E-state index is -4.47. The molecule has 5 aromatic rings. The Balaban J connectivity index is 1.89. The minimum absolute atomic E-state index is 0.217. The van der Waals surface area contributed by atoms with Crippen LogP contribution in [-0.2, 0) is 12.7 Å². The summed E-state index contributed by atoms with van der Waals surface area (Å²) < 4.78 is 43.9. The largest absolute Gasteiger partial charge is 0.416 e. The minimum Gasteiger partial charge on any atom is -0.288 e. The van der Waals surface area contributed by atoms with Crippen molar-refractivity contribution in [2.24, 2.45) is 0 Å². The van der Waals surface area contributed by atoms with E-state index in [1.54, 1.807) is 33.2 Å². The molecule has 0 N–H and O–H groups in total. The number of thiazole rings is 1. The van der Waals surface area contributed by atoms with Crippen LogP contribution in [0.3, 0.4) is 0 Å². The molecule has 0 radical (unpaired) electrons. The van der Waals surface area contributed by atoms with Crippen LogP contribution in [0.2, 0.25) is 0 Å². The molecule has 3 nitrogen and oxygen atoms in total. The van der Waals surface area contributed by atoms with Crippen molar-refractivity contribution < 1.29 is 13.2 Å². The highest BCUT2D eigenvalue weighted by Gasteiger charge is 2.31. The van der Waals surface area contributed by atoms with Crippen LogP contribution in [-0.4, -0.2) is 8.97 Å². The van der Waals surface area contributed by atoms with Gasteiger partial charge in [0.2, 0.25) is 0 Å². The summed E-state index contributed by atoms with van der Waals surface area (Å²) in [6.07, 6.45) is -4.47. The monoisotopic (exact) mass is 468 g/mol. The van der Waals surface area contributed by atoms with E-state index in [0.29, 0.717) is 30.9 Å². The molecule has 0 unspecified atom stereocenters. The van der Waals surface area contributed by atoms with E-state index in [0.717, 1.165) is 17.7 Å². The predicted molar refractivity (Wildman–Crippen MR) is 124 cm³/mol. The second-order valence-corrected chi connectivity index (χ2v) is 8.97. The number of hydrogen-bond acceptors (Lipinski definition) is 3. The van der Waals surface area contributed by atoms with Gasteiger partial charge in [-0.15, -0.1) is 11.3 Å². The molecular weight excluding hydrogens is 453 g/mol. The van der Waals surface area contributed by atoms with Gasteiger partial charge in [0.1, 0.15) is 5.65 Å². The van der Waals surface area contributed by atoms with Crippen molar-refractivity contribution in [3.8, 4) is 10.4 Å². The van der Waals surface area contributed by atoms with E-state index in [-0.39, 0.29) is 12.1 Å². The van der Waals surface area contributed by atoms with Gasteiger partial charge in [-0.25, -0.2) is 0 Å². The first-order valence-electron chi connectivity index (χ1n) is 9.73. The highest BCUT2D eigenvalue weighted by molar-refractivity contribution is 7.73. The van der Waals surface area contributed by atoms with Crippen LogP contribution in [0.5, 0.6) is 0 Å². The van der Waals surface area contributed by atoms with Gasteiger partial charge in [-0.05, 0) is 47.6 Å². The Labute approximate surface area is 189 Å². The molecule has 3 aromatic carbocycles. The van der Waals surface area contributed by atoms with Crippen molar-refractivity contribution in [1.29, 1.82) is 0 Å². The van der Waals surface area contributed by atoms with Crippen LogP contribution in [0.15, 0.2) is 83.7 Å². The number of fused-ring (bicyclic) bond motifs is 3. The molecule has 160 valence electrons. The van der Waals surface area contributed by atoms with Crippen LogP contribution < -0.4 is 5.56 Å². The first-order chi connectivity index (χ1) is 15.3. The third-order valence-corrected chi connectivity index (χ3v) is 6.71. The zero-order chi connectivity index (χ0) is 22.5. The molecule has 0 amide bonds. The Hall–Kier alpha value is -3.23. The lowest BCUT2D eigenvalue weighted by molar-refractivity contribution is -0.137. The first kappa shape index (κ1) is 20.7. The maximum atomic E-state index is 13.5. The summed E-state index contributed by atoms with van der Waals surface area (Å²) >= 11 is 6.82. The summed E-state index contributed by atoms with van der Waals surface area (Å²) in [7, 11) is 0. The summed E-state index contributed by atoms with van der Waals surface area (Å²) in [6.45, 7) is 0.269. The third kappa shape index (κ3) is 3.45. The maximum absolute atomic E-state index is 13.5. The second-order valence-electron chi connectivity index (χ2n) is 7.33. The SMILES string of the molecule is O=c1c2ccccc2n2c(=S)sc(-c3cccc(C(F)(F)F)c3)c2n1Cc1ccccc1. The van der Waals surface area contributed by atoms with Crippen LogP contribution in [0, 0.1) is 3.95 Å². The van der Waals surface area contributed by atoms with Gasteiger partial charge in [0, 0.05) is 0 Å². The first-order valence-corrected chi connectivity index (χ1v) is 11.0. The average molecular weight is 469 g/mol. The number of aromatic nitrogens is 2. The zero-order valence-corrected chi connectivity index (χ0v) is 18.1. The molecule has 32 heavy (non-hydrogen) atoms. The third-order valence-electron chi connectivity index (χ3n) is 5.30. The molecule has 0 aliphatic rings. The molecular formula is C24H15F3N2OS2. The van der Waals surface area contributed by atoms with E-state index in [1.807, 2.05) is 36.4 Å².